The summed E-state index contributed by atoms with van der Waals surface area (Å²) in [5.74, 6) is 1.37. The summed E-state index contributed by atoms with van der Waals surface area (Å²) < 4.78 is 11.3. The van der Waals surface area contributed by atoms with Crippen LogP contribution < -0.4 is 4.74 Å². The fourth-order valence-electron chi connectivity index (χ4n) is 3.46. The lowest BCUT2D eigenvalue weighted by atomic mass is 10.1. The van der Waals surface area contributed by atoms with Gasteiger partial charge in [0.1, 0.15) is 12.0 Å². The molecule has 0 bridgehead atoms. The number of hydrogen-bond donors (Lipinski definition) is 0. The third-order valence-corrected chi connectivity index (χ3v) is 5.19. The third kappa shape index (κ3) is 3.55. The van der Waals surface area contributed by atoms with Crippen LogP contribution >= 0.6 is 0 Å². The molecule has 1 aromatic carbocycles. The van der Waals surface area contributed by atoms with Gasteiger partial charge in [0.05, 0.1) is 5.92 Å². The van der Waals surface area contributed by atoms with Crippen molar-refractivity contribution in [1.82, 2.24) is 0 Å². The maximum absolute atomic E-state index is 12.6. The van der Waals surface area contributed by atoms with E-state index in [1.54, 1.807) is 6.26 Å². The number of carbonyl (C=O) groups excluding carboxylic acids is 1. The molecule has 2 unspecified atom stereocenters. The highest BCUT2D eigenvalue weighted by atomic mass is 16.5. The van der Waals surface area contributed by atoms with Crippen molar-refractivity contribution in [3.05, 3.63) is 65.1 Å². The summed E-state index contributed by atoms with van der Waals surface area (Å²) in [7, 11) is 0. The lowest BCUT2D eigenvalue weighted by Gasteiger charge is -2.04. The Morgan fingerprint density at radius 3 is 2.56 bits per heavy atom. The third-order valence-electron chi connectivity index (χ3n) is 5.19. The zero-order valence-electron chi connectivity index (χ0n) is 15.6. The van der Waals surface area contributed by atoms with Crippen LogP contribution in [0.4, 0.5) is 0 Å². The Kier molecular flexibility index (Phi) is 4.59. The quantitative estimate of drug-likeness (QED) is 0.547. The molecule has 132 valence electrons. The van der Waals surface area contributed by atoms with Gasteiger partial charge in [0.25, 0.3) is 0 Å². The van der Waals surface area contributed by atoms with Gasteiger partial charge >= 0.3 is 5.97 Å². The minimum Gasteiger partial charge on any atom is -0.465 e. The van der Waals surface area contributed by atoms with Crippen molar-refractivity contribution >= 4 is 5.97 Å². The number of carbonyl (C=O) groups is 1. The van der Waals surface area contributed by atoms with Gasteiger partial charge in [-0.3, -0.25) is 4.79 Å². The van der Waals surface area contributed by atoms with E-state index in [0.29, 0.717) is 12.2 Å². The summed E-state index contributed by atoms with van der Waals surface area (Å²) in [4.78, 5) is 12.6. The van der Waals surface area contributed by atoms with Crippen LogP contribution in [0.2, 0.25) is 0 Å². The summed E-state index contributed by atoms with van der Waals surface area (Å²) in [6.07, 6.45) is 4.42. The van der Waals surface area contributed by atoms with Crippen molar-refractivity contribution in [1.29, 1.82) is 0 Å². The fraction of sp³-hybridized carbons (Fsp3) is 0.409. The van der Waals surface area contributed by atoms with Crippen LogP contribution in [0.15, 0.2) is 52.7 Å². The van der Waals surface area contributed by atoms with Crippen LogP contribution in [-0.2, 0) is 11.2 Å². The minimum atomic E-state index is -0.164. The molecule has 0 amide bonds. The summed E-state index contributed by atoms with van der Waals surface area (Å²) in [6.45, 7) is 10.3. The molecule has 1 aromatic heterocycles. The second kappa shape index (κ2) is 6.55. The number of ether oxygens (including phenoxy) is 1. The number of rotatable bonds is 5. The average Bonchev–Trinajstić information content (AvgIpc) is 2.92. The van der Waals surface area contributed by atoms with Crippen LogP contribution in [0, 0.1) is 24.2 Å². The maximum atomic E-state index is 12.6. The van der Waals surface area contributed by atoms with Gasteiger partial charge < -0.3 is 9.15 Å². The number of esters is 1. The predicted molar refractivity (Wildman–Crippen MR) is 98.5 cm³/mol. The summed E-state index contributed by atoms with van der Waals surface area (Å²) in [6, 6.07) is 10.1. The van der Waals surface area contributed by atoms with Crippen LogP contribution in [0.25, 0.3) is 0 Å². The highest BCUT2D eigenvalue weighted by Gasteiger charge is 2.61. The number of furan rings is 1. The monoisotopic (exact) mass is 338 g/mol. The average molecular weight is 338 g/mol. The molecule has 3 rings (SSSR count). The van der Waals surface area contributed by atoms with E-state index in [2.05, 4.69) is 45.9 Å². The molecule has 25 heavy (non-hydrogen) atoms. The van der Waals surface area contributed by atoms with Crippen LogP contribution in [0.1, 0.15) is 44.6 Å². The lowest BCUT2D eigenvalue weighted by molar-refractivity contribution is -0.136. The van der Waals surface area contributed by atoms with E-state index in [-0.39, 0.29) is 23.2 Å². The number of hydrogen-bond acceptors (Lipinski definition) is 3. The van der Waals surface area contributed by atoms with Gasteiger partial charge in [-0.2, -0.15) is 0 Å². The van der Waals surface area contributed by atoms with Crippen LogP contribution in [0.3, 0.4) is 0 Å². The first-order chi connectivity index (χ1) is 11.8. The van der Waals surface area contributed by atoms with Gasteiger partial charge in [-0.05, 0) is 37.7 Å². The van der Waals surface area contributed by atoms with Gasteiger partial charge in [-0.15, -0.1) is 0 Å². The zero-order valence-corrected chi connectivity index (χ0v) is 15.6. The largest absolute Gasteiger partial charge is 0.465 e. The van der Waals surface area contributed by atoms with Crippen LogP contribution in [0.5, 0.6) is 5.75 Å². The molecule has 1 saturated carbocycles. The smallest absolute Gasteiger partial charge is 0.315 e. The molecule has 3 nitrogen and oxygen atoms in total. The highest BCUT2D eigenvalue weighted by molar-refractivity contribution is 5.80. The normalized spacial score (nSPS) is 20.8. The predicted octanol–water partition coefficient (Wildman–Crippen LogP) is 5.32. The Morgan fingerprint density at radius 2 is 1.92 bits per heavy atom. The molecule has 1 aliphatic rings. The zero-order chi connectivity index (χ0) is 18.2. The Hall–Kier alpha value is -2.29. The SMILES string of the molecule is CC(C)=CC1C(C(=O)Oc2coc(Cc3ccccc3)c2C)C1(C)C. The second-order valence-corrected chi connectivity index (χ2v) is 7.80. The van der Waals surface area contributed by atoms with Crippen molar-refractivity contribution in [2.24, 2.45) is 17.3 Å². The molecule has 1 aliphatic carbocycles. The standard InChI is InChI=1S/C22H26O3/c1-14(2)11-17-20(22(17,4)5)21(23)25-19-13-24-18(15(19)3)12-16-9-7-6-8-10-16/h6-11,13,17,20H,12H2,1-5H3. The first-order valence-electron chi connectivity index (χ1n) is 8.78. The lowest BCUT2D eigenvalue weighted by Crippen LogP contribution is -2.14. The molecule has 2 aromatic rings. The molecule has 1 fully saturated rings. The van der Waals surface area contributed by atoms with Crippen molar-refractivity contribution in [2.75, 3.05) is 0 Å². The van der Waals surface area contributed by atoms with E-state index >= 15 is 0 Å². The van der Waals surface area contributed by atoms with E-state index in [1.807, 2.05) is 25.1 Å². The highest BCUT2D eigenvalue weighted by Crippen LogP contribution is 2.59. The number of allylic oxidation sites excluding steroid dienone is 2. The molecule has 1 heterocycles. The number of benzene rings is 1. The molecule has 3 heteroatoms. The molecule has 0 spiro atoms. The Labute approximate surface area is 149 Å². The first-order valence-corrected chi connectivity index (χ1v) is 8.78. The van der Waals surface area contributed by atoms with Gasteiger partial charge in [0, 0.05) is 12.0 Å². The van der Waals surface area contributed by atoms with Gasteiger partial charge in [0.15, 0.2) is 5.75 Å². The molecular formula is C22H26O3. The summed E-state index contributed by atoms with van der Waals surface area (Å²) in [5.41, 5.74) is 3.26. The van der Waals surface area contributed by atoms with Crippen molar-refractivity contribution in [2.45, 2.75) is 41.0 Å². The van der Waals surface area contributed by atoms with Crippen molar-refractivity contribution in [3.63, 3.8) is 0 Å². The topological polar surface area (TPSA) is 39.4 Å². The van der Waals surface area contributed by atoms with Crippen LogP contribution in [-0.4, -0.2) is 5.97 Å². The van der Waals surface area contributed by atoms with Gasteiger partial charge in [0.2, 0.25) is 0 Å². The Bertz CT molecular complexity index is 792. The molecule has 0 aliphatic heterocycles. The Morgan fingerprint density at radius 1 is 1.24 bits per heavy atom. The van der Waals surface area contributed by atoms with E-state index in [0.717, 1.165) is 11.3 Å². The summed E-state index contributed by atoms with van der Waals surface area (Å²) in [5, 5.41) is 0. The van der Waals surface area contributed by atoms with E-state index in [9.17, 15) is 4.79 Å². The van der Waals surface area contributed by atoms with E-state index in [4.69, 9.17) is 9.15 Å². The van der Waals surface area contributed by atoms with Crippen molar-refractivity contribution in [3.8, 4) is 5.75 Å². The molecule has 2 atom stereocenters. The second-order valence-electron chi connectivity index (χ2n) is 7.80. The summed E-state index contributed by atoms with van der Waals surface area (Å²) >= 11 is 0. The molecule has 0 radical (unpaired) electrons. The molecule has 0 saturated heterocycles. The minimum absolute atomic E-state index is 0.0428. The first kappa shape index (κ1) is 17.5. The van der Waals surface area contributed by atoms with Crippen molar-refractivity contribution < 1.29 is 13.9 Å². The maximum Gasteiger partial charge on any atom is 0.315 e. The van der Waals surface area contributed by atoms with Gasteiger partial charge in [-0.1, -0.05) is 55.8 Å². The fourth-order valence-corrected chi connectivity index (χ4v) is 3.46. The van der Waals surface area contributed by atoms with E-state index in [1.165, 1.54) is 11.1 Å². The molecular weight excluding hydrogens is 312 g/mol. The molecule has 0 N–H and O–H groups in total. The van der Waals surface area contributed by atoms with Gasteiger partial charge in [-0.25, -0.2) is 0 Å². The van der Waals surface area contributed by atoms with E-state index < -0.39 is 0 Å². The Balaban J connectivity index is 1.70.